The lowest BCUT2D eigenvalue weighted by Gasteiger charge is -2.43. The Kier molecular flexibility index (Phi) is 6.66. The smallest absolute Gasteiger partial charge is 0.352 e. The molecule has 0 bridgehead atoms. The number of rotatable bonds is 2. The summed E-state index contributed by atoms with van der Waals surface area (Å²) < 4.78 is 0. The van der Waals surface area contributed by atoms with Crippen molar-refractivity contribution in [1.29, 1.82) is 0 Å². The summed E-state index contributed by atoms with van der Waals surface area (Å²) in [6.07, 6.45) is 1.53. The van der Waals surface area contributed by atoms with E-state index < -0.39 is 5.97 Å². The van der Waals surface area contributed by atoms with Crippen molar-refractivity contribution >= 4 is 11.9 Å². The Labute approximate surface area is 110 Å². The summed E-state index contributed by atoms with van der Waals surface area (Å²) in [5, 5.41) is 8.93. The number of fused-ring (bicyclic) bond motifs is 1. The number of carboxylic acid groups (broad SMARTS) is 1. The predicted molar refractivity (Wildman–Crippen MR) is 72.1 cm³/mol. The molecule has 0 aliphatic carbocycles. The Bertz CT molecular complexity index is 347. The van der Waals surface area contributed by atoms with Gasteiger partial charge in [0, 0.05) is 0 Å². The molecule has 18 heavy (non-hydrogen) atoms. The van der Waals surface area contributed by atoms with Gasteiger partial charge in [-0.2, -0.15) is 0 Å². The number of aliphatic carboxylic acids is 1. The molecule has 1 N–H and O–H groups in total. The predicted octanol–water partition coefficient (Wildman–Crippen LogP) is 3.04. The second-order valence-electron chi connectivity index (χ2n) is 3.93. The Morgan fingerprint density at radius 1 is 1.33 bits per heavy atom. The Morgan fingerprint density at radius 2 is 1.83 bits per heavy atom. The van der Waals surface area contributed by atoms with Crippen LogP contribution in [0.25, 0.3) is 0 Å². The van der Waals surface area contributed by atoms with Crippen molar-refractivity contribution < 1.29 is 14.7 Å². The zero-order valence-corrected chi connectivity index (χ0v) is 12.3. The average Bonchev–Trinajstić information content (AvgIpc) is 2.69. The summed E-state index contributed by atoms with van der Waals surface area (Å²) in [7, 11) is 0. The lowest BCUT2D eigenvalue weighted by molar-refractivity contribution is -0.155. The van der Waals surface area contributed by atoms with E-state index in [0.717, 1.165) is 18.4 Å². The fourth-order valence-electron chi connectivity index (χ4n) is 2.46. The van der Waals surface area contributed by atoms with Crippen LogP contribution in [0.15, 0.2) is 11.3 Å². The minimum atomic E-state index is -0.979. The van der Waals surface area contributed by atoms with Gasteiger partial charge in [-0.3, -0.25) is 4.79 Å². The minimum absolute atomic E-state index is 0.0215. The molecule has 4 nitrogen and oxygen atoms in total. The molecule has 2 unspecified atom stereocenters. The standard InChI is InChI=1S/C10H13NO3.2C2H6/c1-3-6-7-4-5(2)8(10(13)14)11(7)9(6)12;2*1-2/h6-7H,3-4H2,1-2H3,(H,13,14);2*1-2H3. The van der Waals surface area contributed by atoms with Crippen molar-refractivity contribution in [3.05, 3.63) is 11.3 Å². The fourth-order valence-corrected chi connectivity index (χ4v) is 2.46. The quantitative estimate of drug-likeness (QED) is 0.771. The van der Waals surface area contributed by atoms with E-state index >= 15 is 0 Å². The van der Waals surface area contributed by atoms with Crippen molar-refractivity contribution in [3.8, 4) is 0 Å². The van der Waals surface area contributed by atoms with E-state index in [1.165, 1.54) is 4.90 Å². The van der Waals surface area contributed by atoms with E-state index in [9.17, 15) is 9.59 Å². The van der Waals surface area contributed by atoms with Gasteiger partial charge in [0.2, 0.25) is 5.91 Å². The molecule has 0 saturated carbocycles. The maximum absolute atomic E-state index is 11.6. The maximum Gasteiger partial charge on any atom is 0.352 e. The van der Waals surface area contributed by atoms with Crippen LogP contribution in [0, 0.1) is 5.92 Å². The number of nitrogens with zero attached hydrogens (tertiary/aromatic N) is 1. The van der Waals surface area contributed by atoms with Crippen molar-refractivity contribution in [1.82, 2.24) is 4.90 Å². The third-order valence-corrected chi connectivity index (χ3v) is 3.15. The summed E-state index contributed by atoms with van der Waals surface area (Å²) in [5.74, 6) is -0.957. The number of hydrogen-bond donors (Lipinski definition) is 1. The molecule has 2 aliphatic heterocycles. The van der Waals surface area contributed by atoms with Gasteiger partial charge < -0.3 is 10.0 Å². The van der Waals surface area contributed by atoms with Crippen LogP contribution in [0.1, 0.15) is 54.4 Å². The largest absolute Gasteiger partial charge is 0.477 e. The van der Waals surface area contributed by atoms with E-state index in [1.807, 2.05) is 34.6 Å². The summed E-state index contributed by atoms with van der Waals surface area (Å²) in [6, 6.07) is 0.124. The third-order valence-electron chi connectivity index (χ3n) is 3.15. The first-order valence-corrected chi connectivity index (χ1v) is 6.84. The van der Waals surface area contributed by atoms with Crippen LogP contribution in [-0.4, -0.2) is 27.9 Å². The number of carboxylic acids is 1. The molecule has 2 heterocycles. The van der Waals surface area contributed by atoms with Crippen molar-refractivity contribution in [3.63, 3.8) is 0 Å². The van der Waals surface area contributed by atoms with Gasteiger partial charge in [-0.15, -0.1) is 0 Å². The average molecular weight is 255 g/mol. The molecule has 1 fully saturated rings. The lowest BCUT2D eigenvalue weighted by Crippen LogP contribution is -2.58. The molecule has 1 saturated heterocycles. The van der Waals surface area contributed by atoms with Gasteiger partial charge in [0.1, 0.15) is 5.70 Å². The number of amides is 1. The summed E-state index contributed by atoms with van der Waals surface area (Å²) >= 11 is 0. The zero-order valence-electron chi connectivity index (χ0n) is 12.3. The first-order valence-electron chi connectivity index (χ1n) is 6.84. The van der Waals surface area contributed by atoms with E-state index in [-0.39, 0.29) is 23.6 Å². The van der Waals surface area contributed by atoms with Gasteiger partial charge >= 0.3 is 5.97 Å². The maximum atomic E-state index is 11.6. The first kappa shape index (κ1) is 16.7. The van der Waals surface area contributed by atoms with E-state index in [0.29, 0.717) is 0 Å². The highest BCUT2D eigenvalue weighted by molar-refractivity contribution is 5.99. The highest BCUT2D eigenvalue weighted by atomic mass is 16.4. The normalized spacial score (nSPS) is 24.3. The van der Waals surface area contributed by atoms with Gasteiger partial charge in [-0.1, -0.05) is 34.6 Å². The summed E-state index contributed by atoms with van der Waals surface area (Å²) in [4.78, 5) is 23.9. The molecule has 104 valence electrons. The molecule has 0 aromatic rings. The van der Waals surface area contributed by atoms with E-state index in [4.69, 9.17) is 5.11 Å². The second-order valence-corrected chi connectivity index (χ2v) is 3.93. The van der Waals surface area contributed by atoms with Crippen LogP contribution < -0.4 is 0 Å². The molecular weight excluding hydrogens is 230 g/mol. The molecule has 2 rings (SSSR count). The highest BCUT2D eigenvalue weighted by Gasteiger charge is 2.53. The number of carbonyl (C=O) groups is 2. The molecule has 0 radical (unpaired) electrons. The number of β-lactam (4-membered cyclic amide) rings is 1. The van der Waals surface area contributed by atoms with Crippen LogP contribution in [0.2, 0.25) is 0 Å². The first-order chi connectivity index (χ1) is 8.57. The number of hydrogen-bond acceptors (Lipinski definition) is 2. The monoisotopic (exact) mass is 255 g/mol. The zero-order chi connectivity index (χ0) is 14.5. The van der Waals surface area contributed by atoms with E-state index in [1.54, 1.807) is 6.92 Å². The fraction of sp³-hybridized carbons (Fsp3) is 0.714. The number of carbonyl (C=O) groups excluding carboxylic acids is 1. The van der Waals surface area contributed by atoms with Gasteiger partial charge in [0.25, 0.3) is 0 Å². The molecule has 0 aromatic heterocycles. The van der Waals surface area contributed by atoms with Crippen LogP contribution in [0.5, 0.6) is 0 Å². The van der Waals surface area contributed by atoms with Gasteiger partial charge in [0.15, 0.2) is 0 Å². The summed E-state index contributed by atoms with van der Waals surface area (Å²) in [5.41, 5.74) is 1.04. The van der Waals surface area contributed by atoms with Gasteiger partial charge in [0.05, 0.1) is 12.0 Å². The van der Waals surface area contributed by atoms with Crippen LogP contribution in [0.4, 0.5) is 0 Å². The molecule has 0 aromatic carbocycles. The molecule has 0 spiro atoms. The molecule has 2 atom stereocenters. The minimum Gasteiger partial charge on any atom is -0.477 e. The SMILES string of the molecule is CC.CC.CCC1C(=O)N2C(C(=O)O)=C(C)CC12. The van der Waals surface area contributed by atoms with Crippen LogP contribution in [0.3, 0.4) is 0 Å². The topological polar surface area (TPSA) is 57.6 Å². The molecule has 4 heteroatoms. The molecule has 1 amide bonds. The Balaban J connectivity index is 0.000000659. The summed E-state index contributed by atoms with van der Waals surface area (Å²) in [6.45, 7) is 11.8. The van der Waals surface area contributed by atoms with Crippen LogP contribution in [-0.2, 0) is 9.59 Å². The van der Waals surface area contributed by atoms with Crippen molar-refractivity contribution in [2.75, 3.05) is 0 Å². The van der Waals surface area contributed by atoms with Gasteiger partial charge in [-0.25, -0.2) is 4.79 Å². The Hall–Kier alpha value is -1.32. The Morgan fingerprint density at radius 3 is 2.22 bits per heavy atom. The van der Waals surface area contributed by atoms with Crippen molar-refractivity contribution in [2.45, 2.75) is 60.4 Å². The highest BCUT2D eigenvalue weighted by Crippen LogP contribution is 2.43. The molecular formula is C14H25NO3. The van der Waals surface area contributed by atoms with E-state index in [2.05, 4.69) is 0 Å². The third kappa shape index (κ3) is 2.57. The van der Waals surface area contributed by atoms with Crippen LogP contribution >= 0.6 is 0 Å². The van der Waals surface area contributed by atoms with Crippen molar-refractivity contribution in [2.24, 2.45) is 5.92 Å². The second kappa shape index (κ2) is 7.19. The molecule has 2 aliphatic rings. The lowest BCUT2D eigenvalue weighted by atomic mass is 9.85. The van der Waals surface area contributed by atoms with Gasteiger partial charge in [-0.05, 0) is 25.3 Å².